The fourth-order valence-electron chi connectivity index (χ4n) is 4.79. The first-order chi connectivity index (χ1) is 18.2. The summed E-state index contributed by atoms with van der Waals surface area (Å²) < 4.78 is 45.7. The van der Waals surface area contributed by atoms with E-state index in [9.17, 15) is 17.6 Å². The predicted octanol–water partition coefficient (Wildman–Crippen LogP) is 2.37. The number of rotatable bonds is 13. The fraction of sp³-hybridized carbons (Fsp3) is 0.556. The van der Waals surface area contributed by atoms with Crippen molar-refractivity contribution in [2.24, 2.45) is 17.6 Å². The Labute approximate surface area is 224 Å². The van der Waals surface area contributed by atoms with Crippen molar-refractivity contribution in [3.63, 3.8) is 0 Å². The highest BCUT2D eigenvalue weighted by molar-refractivity contribution is 7.93. The van der Waals surface area contributed by atoms with Crippen LogP contribution in [0.4, 0.5) is 16.0 Å². The van der Waals surface area contributed by atoms with E-state index in [1.165, 1.54) is 10.4 Å². The van der Waals surface area contributed by atoms with Crippen LogP contribution in [0.15, 0.2) is 42.5 Å². The first kappa shape index (κ1) is 28.3. The Balaban J connectivity index is 1.66. The monoisotopic (exact) mass is 547 g/mol. The maximum atomic E-state index is 13.6. The number of hydrogen-bond acceptors (Lipinski definition) is 7. The molecule has 1 aliphatic heterocycles. The Morgan fingerprint density at radius 2 is 2.05 bits per heavy atom. The summed E-state index contributed by atoms with van der Waals surface area (Å²) in [4.78, 5) is 20.3. The van der Waals surface area contributed by atoms with Crippen LogP contribution in [0.25, 0.3) is 0 Å². The summed E-state index contributed by atoms with van der Waals surface area (Å²) >= 11 is 0. The number of carbonyl (C=O) groups is 1. The number of sulfonamides is 1. The number of benzene rings is 1. The maximum Gasteiger partial charge on any atom is 0.251 e. The summed E-state index contributed by atoms with van der Waals surface area (Å²) in [5.74, 6) is 1.42. The van der Waals surface area contributed by atoms with Gasteiger partial charge in [-0.15, -0.1) is 0 Å². The van der Waals surface area contributed by atoms with E-state index in [4.69, 9.17) is 15.5 Å². The second-order valence-electron chi connectivity index (χ2n) is 10.3. The molecule has 1 amide bonds. The van der Waals surface area contributed by atoms with Gasteiger partial charge >= 0.3 is 0 Å². The number of carbonyl (C=O) groups excluding carboxylic acids is 1. The smallest absolute Gasteiger partial charge is 0.251 e. The number of hydrogen-bond donors (Lipinski definition) is 2. The van der Waals surface area contributed by atoms with Gasteiger partial charge in [-0.25, -0.2) is 17.8 Å². The molecule has 1 aromatic heterocycles. The van der Waals surface area contributed by atoms with Gasteiger partial charge in [0.2, 0.25) is 10.0 Å². The van der Waals surface area contributed by atoms with Gasteiger partial charge in [-0.05, 0) is 48.8 Å². The van der Waals surface area contributed by atoms with Crippen LogP contribution in [-0.4, -0.2) is 77.2 Å². The number of amides is 1. The standard InChI is InChI=1S/C27H38FN5O4S/c1-19-13-22(19)18-32(10-11-37-2)25-15-21(16-26(31-25)33-9-6-12-38(33,35)36)27(34)30-24(23(29)17-28)14-20-7-4-3-5-8-20/h3-5,7-8,15-16,19,22-24H,6,9-14,17-18,29H2,1-2H3,(H,30,34)/t19?,22?,23?,24-/m0/s1. The lowest BCUT2D eigenvalue weighted by molar-refractivity contribution is 0.0928. The Morgan fingerprint density at radius 1 is 1.32 bits per heavy atom. The molecule has 208 valence electrons. The average Bonchev–Trinajstić information content (AvgIpc) is 3.49. The number of nitrogens with zero attached hydrogens (tertiary/aromatic N) is 3. The topological polar surface area (TPSA) is 118 Å². The molecular formula is C27H38FN5O4S. The number of nitrogens with two attached hydrogens (primary N) is 1. The third-order valence-electron chi connectivity index (χ3n) is 7.35. The summed E-state index contributed by atoms with van der Waals surface area (Å²) in [6, 6.07) is 11.1. The number of ether oxygens (including phenoxy) is 1. The van der Waals surface area contributed by atoms with Gasteiger partial charge in [0.25, 0.3) is 5.91 Å². The van der Waals surface area contributed by atoms with Crippen molar-refractivity contribution < 1.29 is 22.3 Å². The average molecular weight is 548 g/mol. The molecule has 3 N–H and O–H groups in total. The lowest BCUT2D eigenvalue weighted by atomic mass is 10.00. The molecule has 2 aromatic rings. The molecular weight excluding hydrogens is 509 g/mol. The van der Waals surface area contributed by atoms with E-state index >= 15 is 0 Å². The second-order valence-corrected chi connectivity index (χ2v) is 12.3. The minimum absolute atomic E-state index is 0.0396. The van der Waals surface area contributed by atoms with Gasteiger partial charge in [-0.3, -0.25) is 9.10 Å². The van der Waals surface area contributed by atoms with Gasteiger partial charge < -0.3 is 20.7 Å². The number of alkyl halides is 1. The molecule has 1 saturated heterocycles. The van der Waals surface area contributed by atoms with E-state index in [0.717, 1.165) is 18.5 Å². The van der Waals surface area contributed by atoms with E-state index in [1.807, 2.05) is 30.3 Å². The van der Waals surface area contributed by atoms with Gasteiger partial charge in [0, 0.05) is 32.3 Å². The number of pyridine rings is 1. The molecule has 38 heavy (non-hydrogen) atoms. The summed E-state index contributed by atoms with van der Waals surface area (Å²) in [7, 11) is -1.89. The number of anilines is 2. The Bertz CT molecular complexity index is 1200. The molecule has 9 nitrogen and oxygen atoms in total. The molecule has 3 unspecified atom stereocenters. The summed E-state index contributed by atoms with van der Waals surface area (Å²) in [6.45, 7) is 3.45. The zero-order valence-corrected chi connectivity index (χ0v) is 22.9. The molecule has 4 atom stereocenters. The number of methoxy groups -OCH3 is 1. The minimum atomic E-state index is -3.52. The zero-order chi connectivity index (χ0) is 27.3. The summed E-state index contributed by atoms with van der Waals surface area (Å²) in [5, 5.41) is 2.90. The van der Waals surface area contributed by atoms with Crippen LogP contribution in [0, 0.1) is 11.8 Å². The third-order valence-corrected chi connectivity index (χ3v) is 9.19. The van der Waals surface area contributed by atoms with Crippen LogP contribution in [0.1, 0.15) is 35.7 Å². The molecule has 1 aromatic carbocycles. The highest BCUT2D eigenvalue weighted by atomic mass is 32.2. The lowest BCUT2D eigenvalue weighted by Gasteiger charge is -2.27. The zero-order valence-electron chi connectivity index (χ0n) is 22.1. The van der Waals surface area contributed by atoms with E-state index in [0.29, 0.717) is 50.2 Å². The summed E-state index contributed by atoms with van der Waals surface area (Å²) in [5.41, 5.74) is 7.23. The summed E-state index contributed by atoms with van der Waals surface area (Å²) in [6.07, 6.45) is 1.97. The highest BCUT2D eigenvalue weighted by Gasteiger charge is 2.35. The van der Waals surface area contributed by atoms with Gasteiger partial charge in [-0.1, -0.05) is 37.3 Å². The van der Waals surface area contributed by atoms with Gasteiger partial charge in [0.1, 0.15) is 18.3 Å². The first-order valence-electron chi connectivity index (χ1n) is 13.1. The van der Waals surface area contributed by atoms with Crippen molar-refractivity contribution >= 4 is 27.6 Å². The van der Waals surface area contributed by atoms with Crippen molar-refractivity contribution in [1.29, 1.82) is 0 Å². The number of nitrogens with one attached hydrogen (secondary N) is 1. The maximum absolute atomic E-state index is 13.6. The molecule has 4 rings (SSSR count). The third kappa shape index (κ3) is 7.00. The van der Waals surface area contributed by atoms with E-state index in [2.05, 4.69) is 17.1 Å². The van der Waals surface area contributed by atoms with Crippen LogP contribution in [0.5, 0.6) is 0 Å². The SMILES string of the molecule is COCCN(CC1CC1C)c1cc(C(=O)N[C@@H](Cc2ccccc2)C(N)CF)cc(N2CCCS2(=O)=O)n1. The Hall–Kier alpha value is -2.76. The molecule has 1 aliphatic carbocycles. The van der Waals surface area contributed by atoms with E-state index in [1.54, 1.807) is 13.2 Å². The lowest BCUT2D eigenvalue weighted by Crippen LogP contribution is -2.50. The quantitative estimate of drug-likeness (QED) is 0.395. The Morgan fingerprint density at radius 3 is 2.66 bits per heavy atom. The second kappa shape index (κ2) is 12.4. The van der Waals surface area contributed by atoms with Crippen molar-refractivity contribution in [2.45, 2.75) is 38.3 Å². The van der Waals surface area contributed by atoms with Crippen molar-refractivity contribution in [3.05, 3.63) is 53.6 Å². The number of aromatic nitrogens is 1. The molecule has 2 aliphatic rings. The molecule has 0 bridgehead atoms. The van der Waals surface area contributed by atoms with Crippen LogP contribution in [-0.2, 0) is 21.2 Å². The largest absolute Gasteiger partial charge is 0.383 e. The first-order valence-corrected chi connectivity index (χ1v) is 14.8. The van der Waals surface area contributed by atoms with Crippen molar-refractivity contribution in [1.82, 2.24) is 10.3 Å². The molecule has 11 heteroatoms. The van der Waals surface area contributed by atoms with Crippen LogP contribution >= 0.6 is 0 Å². The van der Waals surface area contributed by atoms with Gasteiger partial charge in [0.05, 0.1) is 24.4 Å². The van der Waals surface area contributed by atoms with Gasteiger partial charge in [-0.2, -0.15) is 0 Å². The number of halogens is 1. The molecule has 0 radical (unpaired) electrons. The van der Waals surface area contributed by atoms with Crippen LogP contribution in [0.3, 0.4) is 0 Å². The fourth-order valence-corrected chi connectivity index (χ4v) is 6.29. The van der Waals surface area contributed by atoms with E-state index < -0.39 is 34.7 Å². The molecule has 2 heterocycles. The Kier molecular flexibility index (Phi) is 9.22. The molecule has 2 fully saturated rings. The van der Waals surface area contributed by atoms with Crippen LogP contribution in [0.2, 0.25) is 0 Å². The molecule has 1 saturated carbocycles. The minimum Gasteiger partial charge on any atom is -0.383 e. The van der Waals surface area contributed by atoms with Crippen molar-refractivity contribution in [3.8, 4) is 0 Å². The van der Waals surface area contributed by atoms with Gasteiger partial charge in [0.15, 0.2) is 0 Å². The van der Waals surface area contributed by atoms with E-state index in [-0.39, 0.29) is 17.1 Å². The normalized spacial score (nSPS) is 21.6. The van der Waals surface area contributed by atoms with Crippen LogP contribution < -0.4 is 20.3 Å². The molecule has 0 spiro atoms. The van der Waals surface area contributed by atoms with Crippen molar-refractivity contribution in [2.75, 3.05) is 55.0 Å². The predicted molar refractivity (Wildman–Crippen MR) is 147 cm³/mol. The highest BCUT2D eigenvalue weighted by Crippen LogP contribution is 2.39.